The molecular weight excluding hydrogens is 255 g/mol. The predicted molar refractivity (Wildman–Crippen MR) is 64.7 cm³/mol. The number of halogens is 3. The fourth-order valence-electron chi connectivity index (χ4n) is 1.64. The topological polar surface area (TPSA) is 30.0 Å². The SMILES string of the molecule is CC(=O)c1cncc(-c2ccc(C(F)(F)F)cc2)c1. The van der Waals surface area contributed by atoms with E-state index in [-0.39, 0.29) is 5.78 Å². The largest absolute Gasteiger partial charge is 0.416 e. The van der Waals surface area contributed by atoms with Crippen LogP contribution in [0.2, 0.25) is 0 Å². The number of hydrogen-bond donors (Lipinski definition) is 0. The number of carbonyl (C=O) groups is 1. The first kappa shape index (κ1) is 13.3. The van der Waals surface area contributed by atoms with Gasteiger partial charge >= 0.3 is 6.18 Å². The van der Waals surface area contributed by atoms with Crippen molar-refractivity contribution in [2.75, 3.05) is 0 Å². The molecule has 5 heteroatoms. The maximum Gasteiger partial charge on any atom is 0.416 e. The van der Waals surface area contributed by atoms with Gasteiger partial charge in [-0.2, -0.15) is 13.2 Å². The van der Waals surface area contributed by atoms with Crippen molar-refractivity contribution >= 4 is 5.78 Å². The van der Waals surface area contributed by atoms with Crippen LogP contribution in [0.25, 0.3) is 11.1 Å². The Labute approximate surface area is 107 Å². The molecular formula is C14H10F3NO. The van der Waals surface area contributed by atoms with Gasteiger partial charge < -0.3 is 0 Å². The van der Waals surface area contributed by atoms with Crippen molar-refractivity contribution in [1.29, 1.82) is 0 Å². The van der Waals surface area contributed by atoms with E-state index in [2.05, 4.69) is 4.98 Å². The highest BCUT2D eigenvalue weighted by atomic mass is 19.4. The Balaban J connectivity index is 2.37. The number of benzene rings is 1. The van der Waals surface area contributed by atoms with Crippen LogP contribution in [0.1, 0.15) is 22.8 Å². The number of hydrogen-bond acceptors (Lipinski definition) is 2. The summed E-state index contributed by atoms with van der Waals surface area (Å²) in [5.74, 6) is -0.138. The molecule has 2 nitrogen and oxygen atoms in total. The van der Waals surface area contributed by atoms with E-state index in [0.717, 1.165) is 12.1 Å². The molecule has 19 heavy (non-hydrogen) atoms. The number of nitrogens with zero attached hydrogens (tertiary/aromatic N) is 1. The van der Waals surface area contributed by atoms with E-state index in [1.54, 1.807) is 6.07 Å². The van der Waals surface area contributed by atoms with E-state index in [9.17, 15) is 18.0 Å². The molecule has 0 amide bonds. The molecule has 0 aliphatic heterocycles. The van der Waals surface area contributed by atoms with Crippen molar-refractivity contribution < 1.29 is 18.0 Å². The van der Waals surface area contributed by atoms with E-state index < -0.39 is 11.7 Å². The Morgan fingerprint density at radius 2 is 1.68 bits per heavy atom. The Bertz CT molecular complexity index is 603. The molecule has 0 radical (unpaired) electrons. The van der Waals surface area contributed by atoms with Gasteiger partial charge in [-0.15, -0.1) is 0 Å². The molecule has 0 saturated heterocycles. The lowest BCUT2D eigenvalue weighted by Crippen LogP contribution is -2.04. The van der Waals surface area contributed by atoms with Gasteiger partial charge in [0.1, 0.15) is 0 Å². The number of Topliss-reactive ketones (excluding diaryl/α,β-unsaturated/α-hetero) is 1. The van der Waals surface area contributed by atoms with Crippen molar-refractivity contribution in [3.05, 3.63) is 53.9 Å². The van der Waals surface area contributed by atoms with E-state index in [1.165, 1.54) is 31.5 Å². The van der Waals surface area contributed by atoms with Crippen LogP contribution in [0, 0.1) is 0 Å². The van der Waals surface area contributed by atoms with Gasteiger partial charge in [-0.05, 0) is 30.7 Å². The summed E-state index contributed by atoms with van der Waals surface area (Å²) in [7, 11) is 0. The normalized spacial score (nSPS) is 11.4. The Hall–Kier alpha value is -2.17. The van der Waals surface area contributed by atoms with Crippen molar-refractivity contribution in [3.8, 4) is 11.1 Å². The highest BCUT2D eigenvalue weighted by molar-refractivity contribution is 5.94. The molecule has 0 saturated carbocycles. The Morgan fingerprint density at radius 1 is 1.05 bits per heavy atom. The first-order chi connectivity index (χ1) is 8.88. The number of carbonyl (C=O) groups excluding carboxylic acids is 1. The smallest absolute Gasteiger partial charge is 0.294 e. The highest BCUT2D eigenvalue weighted by Gasteiger charge is 2.29. The highest BCUT2D eigenvalue weighted by Crippen LogP contribution is 2.30. The van der Waals surface area contributed by atoms with Gasteiger partial charge in [-0.25, -0.2) is 0 Å². The summed E-state index contributed by atoms with van der Waals surface area (Å²) in [5, 5.41) is 0. The molecule has 0 unspecified atom stereocenters. The molecule has 1 aromatic heterocycles. The Kier molecular flexibility index (Phi) is 3.38. The van der Waals surface area contributed by atoms with Crippen LogP contribution in [0.4, 0.5) is 13.2 Å². The standard InChI is InChI=1S/C14H10F3NO/c1-9(19)11-6-12(8-18-7-11)10-2-4-13(5-3-10)14(15,16)17/h2-8H,1H3. The van der Waals surface area contributed by atoms with E-state index in [0.29, 0.717) is 16.7 Å². The third kappa shape index (κ3) is 2.99. The summed E-state index contributed by atoms with van der Waals surface area (Å²) in [6, 6.07) is 6.36. The maximum absolute atomic E-state index is 12.4. The van der Waals surface area contributed by atoms with Gasteiger partial charge in [0.2, 0.25) is 0 Å². The minimum Gasteiger partial charge on any atom is -0.294 e. The van der Waals surface area contributed by atoms with Crippen LogP contribution < -0.4 is 0 Å². The van der Waals surface area contributed by atoms with Crippen LogP contribution in [-0.4, -0.2) is 10.8 Å². The summed E-state index contributed by atoms with van der Waals surface area (Å²) in [6.45, 7) is 1.41. The van der Waals surface area contributed by atoms with Crippen molar-refractivity contribution in [1.82, 2.24) is 4.98 Å². The van der Waals surface area contributed by atoms with Gasteiger partial charge in [0.05, 0.1) is 5.56 Å². The zero-order valence-electron chi connectivity index (χ0n) is 10.0. The second-order valence-corrected chi connectivity index (χ2v) is 4.09. The molecule has 0 spiro atoms. The van der Waals surface area contributed by atoms with Crippen molar-refractivity contribution in [2.24, 2.45) is 0 Å². The molecule has 2 aromatic rings. The lowest BCUT2D eigenvalue weighted by molar-refractivity contribution is -0.137. The molecule has 1 aromatic carbocycles. The van der Waals surface area contributed by atoms with Crippen molar-refractivity contribution in [2.45, 2.75) is 13.1 Å². The lowest BCUT2D eigenvalue weighted by atomic mass is 10.0. The fraction of sp³-hybridized carbons (Fsp3) is 0.143. The lowest BCUT2D eigenvalue weighted by Gasteiger charge is -2.08. The molecule has 2 rings (SSSR count). The quantitative estimate of drug-likeness (QED) is 0.769. The molecule has 0 aliphatic rings. The monoisotopic (exact) mass is 265 g/mol. The summed E-state index contributed by atoms with van der Waals surface area (Å²) >= 11 is 0. The summed E-state index contributed by atoms with van der Waals surface area (Å²) in [5.41, 5.74) is 0.925. The van der Waals surface area contributed by atoms with Gasteiger partial charge in [0.15, 0.2) is 5.78 Å². The fourth-order valence-corrected chi connectivity index (χ4v) is 1.64. The predicted octanol–water partition coefficient (Wildman–Crippen LogP) is 3.97. The summed E-state index contributed by atoms with van der Waals surface area (Å²) < 4.78 is 37.3. The third-order valence-electron chi connectivity index (χ3n) is 2.69. The van der Waals surface area contributed by atoms with Crippen LogP contribution in [0.3, 0.4) is 0 Å². The average molecular weight is 265 g/mol. The average Bonchev–Trinajstić information content (AvgIpc) is 2.38. The summed E-state index contributed by atoms with van der Waals surface area (Å²) in [6.07, 6.45) is -1.41. The molecule has 0 bridgehead atoms. The maximum atomic E-state index is 12.4. The van der Waals surface area contributed by atoms with Crippen LogP contribution in [0.5, 0.6) is 0 Å². The third-order valence-corrected chi connectivity index (χ3v) is 2.69. The van der Waals surface area contributed by atoms with Crippen LogP contribution in [-0.2, 0) is 6.18 Å². The zero-order valence-corrected chi connectivity index (χ0v) is 10.0. The minimum absolute atomic E-state index is 0.138. The molecule has 1 heterocycles. The van der Waals surface area contributed by atoms with Gasteiger partial charge in [-0.1, -0.05) is 12.1 Å². The number of alkyl halides is 3. The second kappa shape index (κ2) is 4.84. The van der Waals surface area contributed by atoms with Crippen molar-refractivity contribution in [3.63, 3.8) is 0 Å². The van der Waals surface area contributed by atoms with Crippen LogP contribution in [0.15, 0.2) is 42.7 Å². The zero-order chi connectivity index (χ0) is 14.0. The second-order valence-electron chi connectivity index (χ2n) is 4.09. The minimum atomic E-state index is -4.35. The first-order valence-electron chi connectivity index (χ1n) is 5.51. The molecule has 98 valence electrons. The van der Waals surface area contributed by atoms with E-state index >= 15 is 0 Å². The number of rotatable bonds is 2. The molecule has 0 aliphatic carbocycles. The van der Waals surface area contributed by atoms with Gasteiger partial charge in [0.25, 0.3) is 0 Å². The molecule has 0 fully saturated rings. The molecule has 0 atom stereocenters. The van der Waals surface area contributed by atoms with E-state index in [4.69, 9.17) is 0 Å². The molecule has 0 N–H and O–H groups in total. The number of aromatic nitrogens is 1. The first-order valence-corrected chi connectivity index (χ1v) is 5.51. The van der Waals surface area contributed by atoms with Gasteiger partial charge in [0, 0.05) is 23.5 Å². The Morgan fingerprint density at radius 3 is 2.21 bits per heavy atom. The van der Waals surface area contributed by atoms with Gasteiger partial charge in [-0.3, -0.25) is 9.78 Å². The number of pyridine rings is 1. The number of ketones is 1. The van der Waals surface area contributed by atoms with Crippen LogP contribution >= 0.6 is 0 Å². The summed E-state index contributed by atoms with van der Waals surface area (Å²) in [4.78, 5) is 15.1. The van der Waals surface area contributed by atoms with E-state index in [1.807, 2.05) is 0 Å².